The Kier molecular flexibility index (Phi) is 4.46. The van der Waals surface area contributed by atoms with Gasteiger partial charge in [0.25, 0.3) is 0 Å². The lowest BCUT2D eigenvalue weighted by atomic mass is 9.99. The minimum absolute atomic E-state index is 0.410. The molecule has 76 valence electrons. The third kappa shape index (κ3) is 3.12. The predicted molar refractivity (Wildman–Crippen MR) is 55.9 cm³/mol. The van der Waals surface area contributed by atoms with Crippen LogP contribution in [0.5, 0.6) is 0 Å². The number of nitrogens with one attached hydrogen (secondary N) is 1. The molecule has 2 atom stereocenters. The molecule has 0 aromatic carbocycles. The monoisotopic (exact) mass is 183 g/mol. The first-order chi connectivity index (χ1) is 6.27. The van der Waals surface area contributed by atoms with Crippen molar-refractivity contribution in [3.05, 3.63) is 12.2 Å². The van der Waals surface area contributed by atoms with E-state index >= 15 is 0 Å². The predicted octanol–water partition coefficient (Wildman–Crippen LogP) is 2.11. The van der Waals surface area contributed by atoms with E-state index in [0.717, 1.165) is 19.4 Å². The van der Waals surface area contributed by atoms with Gasteiger partial charge in [0.15, 0.2) is 0 Å². The van der Waals surface area contributed by atoms with Gasteiger partial charge >= 0.3 is 0 Å². The van der Waals surface area contributed by atoms with Crippen molar-refractivity contribution in [3.63, 3.8) is 0 Å². The molecule has 1 N–H and O–H groups in total. The van der Waals surface area contributed by atoms with Crippen molar-refractivity contribution in [2.45, 2.75) is 44.8 Å². The molecule has 1 fully saturated rings. The largest absolute Gasteiger partial charge is 0.377 e. The summed E-state index contributed by atoms with van der Waals surface area (Å²) in [6, 6.07) is 0.468. The lowest BCUT2D eigenvalue weighted by Gasteiger charge is -2.22. The third-order valence-corrected chi connectivity index (χ3v) is 2.79. The zero-order valence-corrected chi connectivity index (χ0v) is 8.81. The van der Waals surface area contributed by atoms with Crippen LogP contribution in [0.25, 0.3) is 0 Å². The summed E-state index contributed by atoms with van der Waals surface area (Å²) in [7, 11) is 2.01. The van der Waals surface area contributed by atoms with Crippen LogP contribution in [0, 0.1) is 0 Å². The summed E-state index contributed by atoms with van der Waals surface area (Å²) in [5.74, 6) is 0. The van der Waals surface area contributed by atoms with E-state index in [4.69, 9.17) is 4.74 Å². The maximum atomic E-state index is 5.65. The molecule has 0 spiro atoms. The lowest BCUT2D eigenvalue weighted by Crippen LogP contribution is -2.37. The molecule has 13 heavy (non-hydrogen) atoms. The average molecular weight is 183 g/mol. The standard InChI is InChI=1S/C11H21NO/c1-4-9(2)8-10(12-3)11-6-5-7-13-11/h10-12H,2,4-8H2,1,3H3. The maximum Gasteiger partial charge on any atom is 0.0731 e. The Labute approximate surface area is 81.4 Å². The molecular formula is C11H21NO. The van der Waals surface area contributed by atoms with E-state index in [2.05, 4.69) is 18.8 Å². The van der Waals surface area contributed by atoms with Crippen LogP contribution in [0.15, 0.2) is 12.2 Å². The first-order valence-corrected chi connectivity index (χ1v) is 5.23. The molecule has 2 heteroatoms. The number of rotatable bonds is 5. The van der Waals surface area contributed by atoms with Crippen LogP contribution in [0.3, 0.4) is 0 Å². The smallest absolute Gasteiger partial charge is 0.0731 e. The Balaban J connectivity index is 2.37. The van der Waals surface area contributed by atoms with Gasteiger partial charge in [-0.25, -0.2) is 0 Å². The van der Waals surface area contributed by atoms with E-state index in [-0.39, 0.29) is 0 Å². The molecule has 0 aromatic rings. The molecule has 0 radical (unpaired) electrons. The van der Waals surface area contributed by atoms with Gasteiger partial charge in [-0.3, -0.25) is 0 Å². The quantitative estimate of drug-likeness (QED) is 0.659. The summed E-state index contributed by atoms with van der Waals surface area (Å²) in [4.78, 5) is 0. The molecule has 0 bridgehead atoms. The SMILES string of the molecule is C=C(CC)CC(NC)C1CCCO1. The van der Waals surface area contributed by atoms with Gasteiger partial charge in [0.1, 0.15) is 0 Å². The van der Waals surface area contributed by atoms with Crippen LogP contribution in [0.4, 0.5) is 0 Å². The van der Waals surface area contributed by atoms with E-state index in [0.29, 0.717) is 12.1 Å². The number of hydrogen-bond acceptors (Lipinski definition) is 2. The molecule has 1 aliphatic heterocycles. The topological polar surface area (TPSA) is 21.3 Å². The van der Waals surface area contributed by atoms with Crippen LogP contribution in [-0.2, 0) is 4.74 Å². The number of ether oxygens (including phenoxy) is 1. The molecule has 0 aliphatic carbocycles. The summed E-state index contributed by atoms with van der Waals surface area (Å²) in [5.41, 5.74) is 1.31. The highest BCUT2D eigenvalue weighted by molar-refractivity contribution is 4.98. The summed E-state index contributed by atoms with van der Waals surface area (Å²) < 4.78 is 5.65. The zero-order valence-electron chi connectivity index (χ0n) is 8.81. The van der Waals surface area contributed by atoms with Crippen LogP contribution in [0.2, 0.25) is 0 Å². The molecular weight excluding hydrogens is 162 g/mol. The second kappa shape index (κ2) is 5.40. The van der Waals surface area contributed by atoms with E-state index in [1.807, 2.05) is 7.05 Å². The van der Waals surface area contributed by atoms with Crippen molar-refractivity contribution >= 4 is 0 Å². The first-order valence-electron chi connectivity index (χ1n) is 5.23. The highest BCUT2D eigenvalue weighted by Gasteiger charge is 2.24. The van der Waals surface area contributed by atoms with Gasteiger partial charge in [-0.2, -0.15) is 0 Å². The second-order valence-electron chi connectivity index (χ2n) is 3.75. The highest BCUT2D eigenvalue weighted by atomic mass is 16.5. The normalized spacial score (nSPS) is 24.6. The van der Waals surface area contributed by atoms with Crippen molar-refractivity contribution in [2.24, 2.45) is 0 Å². The van der Waals surface area contributed by atoms with Gasteiger partial charge in [0, 0.05) is 12.6 Å². The minimum atomic E-state index is 0.410. The van der Waals surface area contributed by atoms with Gasteiger partial charge in [-0.05, 0) is 32.7 Å². The number of likely N-dealkylation sites (N-methyl/N-ethyl adjacent to an activating group) is 1. The molecule has 1 saturated heterocycles. The molecule has 0 amide bonds. The van der Waals surface area contributed by atoms with Crippen molar-refractivity contribution in [2.75, 3.05) is 13.7 Å². The van der Waals surface area contributed by atoms with Gasteiger partial charge in [-0.15, -0.1) is 0 Å². The van der Waals surface area contributed by atoms with Crippen LogP contribution < -0.4 is 5.32 Å². The summed E-state index contributed by atoms with van der Waals surface area (Å²) in [6.07, 6.45) is 4.94. The van der Waals surface area contributed by atoms with Crippen LogP contribution in [0.1, 0.15) is 32.6 Å². The number of hydrogen-bond donors (Lipinski definition) is 1. The average Bonchev–Trinajstić information content (AvgIpc) is 2.66. The molecule has 0 saturated carbocycles. The van der Waals surface area contributed by atoms with E-state index < -0.39 is 0 Å². The lowest BCUT2D eigenvalue weighted by molar-refractivity contribution is 0.0807. The van der Waals surface area contributed by atoms with Crippen LogP contribution >= 0.6 is 0 Å². The van der Waals surface area contributed by atoms with Gasteiger partial charge in [0.2, 0.25) is 0 Å². The van der Waals surface area contributed by atoms with Crippen molar-refractivity contribution in [1.82, 2.24) is 5.32 Å². The van der Waals surface area contributed by atoms with Crippen molar-refractivity contribution in [1.29, 1.82) is 0 Å². The fourth-order valence-corrected chi connectivity index (χ4v) is 1.79. The zero-order chi connectivity index (χ0) is 9.68. The third-order valence-electron chi connectivity index (χ3n) is 2.79. The molecule has 1 rings (SSSR count). The molecule has 1 heterocycles. The Hall–Kier alpha value is -0.340. The summed E-state index contributed by atoms with van der Waals surface area (Å²) >= 11 is 0. The van der Waals surface area contributed by atoms with Crippen LogP contribution in [-0.4, -0.2) is 25.8 Å². The fourth-order valence-electron chi connectivity index (χ4n) is 1.79. The molecule has 2 unspecified atom stereocenters. The summed E-state index contributed by atoms with van der Waals surface area (Å²) in [5, 5.41) is 3.32. The Morgan fingerprint density at radius 2 is 2.46 bits per heavy atom. The Morgan fingerprint density at radius 3 is 2.92 bits per heavy atom. The maximum absolute atomic E-state index is 5.65. The summed E-state index contributed by atoms with van der Waals surface area (Å²) in [6.45, 7) is 7.13. The fraction of sp³-hybridized carbons (Fsp3) is 0.818. The molecule has 1 aliphatic rings. The van der Waals surface area contributed by atoms with E-state index in [1.165, 1.54) is 18.4 Å². The molecule has 0 aromatic heterocycles. The van der Waals surface area contributed by atoms with Gasteiger partial charge < -0.3 is 10.1 Å². The van der Waals surface area contributed by atoms with Gasteiger partial charge in [-0.1, -0.05) is 19.1 Å². The second-order valence-corrected chi connectivity index (χ2v) is 3.75. The van der Waals surface area contributed by atoms with E-state index in [9.17, 15) is 0 Å². The Bertz CT molecular complexity index is 161. The van der Waals surface area contributed by atoms with E-state index in [1.54, 1.807) is 0 Å². The van der Waals surface area contributed by atoms with Crippen molar-refractivity contribution in [3.8, 4) is 0 Å². The highest BCUT2D eigenvalue weighted by Crippen LogP contribution is 2.20. The van der Waals surface area contributed by atoms with Gasteiger partial charge in [0.05, 0.1) is 6.10 Å². The molecule has 2 nitrogen and oxygen atoms in total. The Morgan fingerprint density at radius 1 is 1.69 bits per heavy atom. The minimum Gasteiger partial charge on any atom is -0.377 e. The van der Waals surface area contributed by atoms with Crippen molar-refractivity contribution < 1.29 is 4.74 Å². The first kappa shape index (κ1) is 10.7.